The summed E-state index contributed by atoms with van der Waals surface area (Å²) in [4.78, 5) is 14.6. The number of rotatable bonds is 4. The molecule has 0 radical (unpaired) electrons. The number of aromatic nitrogens is 1. The molecule has 4 rings (SSSR count). The van der Waals surface area contributed by atoms with Crippen molar-refractivity contribution < 1.29 is 14.1 Å². The Hall–Kier alpha value is -2.21. The molecule has 0 bridgehead atoms. The van der Waals surface area contributed by atoms with Crippen LogP contribution in [0.1, 0.15) is 18.2 Å². The maximum absolute atomic E-state index is 12.9. The Morgan fingerprint density at radius 1 is 1.14 bits per heavy atom. The van der Waals surface area contributed by atoms with Crippen LogP contribution in [0.15, 0.2) is 47.0 Å². The molecule has 0 aliphatic carbocycles. The van der Waals surface area contributed by atoms with Crippen LogP contribution in [0.3, 0.4) is 0 Å². The van der Waals surface area contributed by atoms with Crippen LogP contribution >= 0.6 is 34.8 Å². The maximum Gasteiger partial charge on any atom is 0.263 e. The summed E-state index contributed by atoms with van der Waals surface area (Å²) in [5.74, 6) is 1.000. The first-order valence-corrected chi connectivity index (χ1v) is 10.2. The molecule has 1 unspecified atom stereocenters. The molecule has 1 aliphatic heterocycles. The molecule has 29 heavy (non-hydrogen) atoms. The van der Waals surface area contributed by atoms with Gasteiger partial charge < -0.3 is 14.2 Å². The number of benzene rings is 2. The Morgan fingerprint density at radius 2 is 1.86 bits per heavy atom. The van der Waals surface area contributed by atoms with Crippen molar-refractivity contribution in [1.82, 2.24) is 10.1 Å². The fourth-order valence-electron chi connectivity index (χ4n) is 3.32. The van der Waals surface area contributed by atoms with Gasteiger partial charge in [-0.05, 0) is 55.8 Å². The number of fused-ring (bicyclic) bond motifs is 1. The smallest absolute Gasteiger partial charge is 0.263 e. The molecule has 0 fully saturated rings. The number of halogens is 3. The van der Waals surface area contributed by atoms with E-state index >= 15 is 0 Å². The average Bonchev–Trinajstić information content (AvgIpc) is 3.13. The molecule has 1 aromatic heterocycles. The zero-order valence-corrected chi connectivity index (χ0v) is 17.8. The van der Waals surface area contributed by atoms with Crippen molar-refractivity contribution in [2.45, 2.75) is 26.0 Å². The molecule has 0 N–H and O–H groups in total. The van der Waals surface area contributed by atoms with Crippen LogP contribution < -0.4 is 4.74 Å². The lowest BCUT2D eigenvalue weighted by Crippen LogP contribution is -2.43. The first-order valence-electron chi connectivity index (χ1n) is 9.06. The van der Waals surface area contributed by atoms with Crippen molar-refractivity contribution in [1.29, 1.82) is 0 Å². The fraction of sp³-hybridized carbons (Fsp3) is 0.238. The van der Waals surface area contributed by atoms with Gasteiger partial charge in [0.25, 0.3) is 5.91 Å². The van der Waals surface area contributed by atoms with Crippen molar-refractivity contribution >= 4 is 40.7 Å². The number of ether oxygens (including phenoxy) is 1. The van der Waals surface area contributed by atoms with E-state index in [9.17, 15) is 4.79 Å². The summed E-state index contributed by atoms with van der Waals surface area (Å²) >= 11 is 18.0. The third kappa shape index (κ3) is 4.22. The van der Waals surface area contributed by atoms with Crippen LogP contribution in [0.4, 0.5) is 0 Å². The van der Waals surface area contributed by atoms with Crippen molar-refractivity contribution in [3.63, 3.8) is 0 Å². The Balaban J connectivity index is 1.47. The van der Waals surface area contributed by atoms with E-state index in [-0.39, 0.29) is 5.91 Å². The molecular formula is C21H17Cl3N2O3. The largest absolute Gasteiger partial charge is 0.479 e. The highest BCUT2D eigenvalue weighted by atomic mass is 35.5. The predicted molar refractivity (Wildman–Crippen MR) is 113 cm³/mol. The van der Waals surface area contributed by atoms with E-state index in [2.05, 4.69) is 5.16 Å². The Morgan fingerprint density at radius 3 is 2.59 bits per heavy atom. The summed E-state index contributed by atoms with van der Waals surface area (Å²) in [6.45, 7) is 2.62. The summed E-state index contributed by atoms with van der Waals surface area (Å²) in [5.41, 5.74) is 2.69. The normalized spacial score (nSPS) is 14.4. The third-order valence-electron chi connectivity index (χ3n) is 4.81. The number of nitrogens with zero attached hydrogens (tertiary/aromatic N) is 2. The molecule has 2 aromatic carbocycles. The number of carbonyl (C=O) groups is 1. The van der Waals surface area contributed by atoms with Crippen molar-refractivity contribution in [2.24, 2.45) is 0 Å². The number of hydrogen-bond donors (Lipinski definition) is 0. The van der Waals surface area contributed by atoms with E-state index in [4.69, 9.17) is 44.1 Å². The summed E-state index contributed by atoms with van der Waals surface area (Å²) < 4.78 is 11.3. The first-order chi connectivity index (χ1) is 13.9. The number of amides is 1. The monoisotopic (exact) mass is 450 g/mol. The predicted octanol–water partition coefficient (Wildman–Crippen LogP) is 5.65. The van der Waals surface area contributed by atoms with Crippen LogP contribution in [-0.4, -0.2) is 28.6 Å². The summed E-state index contributed by atoms with van der Waals surface area (Å²) in [6.07, 6.45) is -0.0467. The molecule has 1 atom stereocenters. The Labute approximate surface area is 183 Å². The van der Waals surface area contributed by atoms with Gasteiger partial charge in [0.1, 0.15) is 11.4 Å². The zero-order chi connectivity index (χ0) is 20.5. The first kappa shape index (κ1) is 20.1. The Kier molecular flexibility index (Phi) is 5.72. The Bertz CT molecular complexity index is 1050. The van der Waals surface area contributed by atoms with Gasteiger partial charge in [0.05, 0.1) is 11.6 Å². The highest BCUT2D eigenvalue weighted by Gasteiger charge is 2.30. The molecule has 1 amide bonds. The van der Waals surface area contributed by atoms with E-state index in [0.717, 1.165) is 22.6 Å². The van der Waals surface area contributed by atoms with Gasteiger partial charge >= 0.3 is 0 Å². The minimum Gasteiger partial charge on any atom is -0.479 e. The number of hydrogen-bond acceptors (Lipinski definition) is 4. The summed E-state index contributed by atoms with van der Waals surface area (Å²) in [6, 6.07) is 12.3. The van der Waals surface area contributed by atoms with Crippen LogP contribution in [0.5, 0.6) is 5.75 Å². The molecule has 2 heterocycles. The van der Waals surface area contributed by atoms with Crippen LogP contribution in [0, 0.1) is 0 Å². The standard InChI is InChI=1S/C21H17Cl3N2O3/c1-12(28-19-7-6-15(23)10-17(19)24)21(27)26-9-8-16-18(11-26)25-29-20(16)13-2-4-14(22)5-3-13/h2-7,10,12H,8-9,11H2,1H3. The lowest BCUT2D eigenvalue weighted by Gasteiger charge is -2.28. The average molecular weight is 452 g/mol. The van der Waals surface area contributed by atoms with Gasteiger partial charge in [0.15, 0.2) is 11.9 Å². The molecular weight excluding hydrogens is 435 g/mol. The minimum absolute atomic E-state index is 0.141. The highest BCUT2D eigenvalue weighted by Crippen LogP contribution is 2.32. The van der Waals surface area contributed by atoms with Gasteiger partial charge in [-0.15, -0.1) is 0 Å². The molecule has 0 saturated heterocycles. The topological polar surface area (TPSA) is 55.6 Å². The van der Waals surface area contributed by atoms with Crippen molar-refractivity contribution in [2.75, 3.05) is 6.54 Å². The molecule has 0 saturated carbocycles. The van der Waals surface area contributed by atoms with Gasteiger partial charge in [0, 0.05) is 27.7 Å². The van der Waals surface area contributed by atoms with Crippen LogP contribution in [-0.2, 0) is 17.8 Å². The maximum atomic E-state index is 12.9. The molecule has 150 valence electrons. The van der Waals surface area contributed by atoms with Crippen LogP contribution in [0.25, 0.3) is 11.3 Å². The fourth-order valence-corrected chi connectivity index (χ4v) is 3.89. The molecule has 8 heteroatoms. The lowest BCUT2D eigenvalue weighted by molar-refractivity contribution is -0.139. The third-order valence-corrected chi connectivity index (χ3v) is 5.59. The van der Waals surface area contributed by atoms with Gasteiger partial charge in [-0.1, -0.05) is 40.0 Å². The second kappa shape index (κ2) is 8.27. The quantitative estimate of drug-likeness (QED) is 0.514. The lowest BCUT2D eigenvalue weighted by atomic mass is 10.0. The van der Waals surface area contributed by atoms with Crippen molar-refractivity contribution in [3.05, 3.63) is 68.8 Å². The summed E-state index contributed by atoms with van der Waals surface area (Å²) in [7, 11) is 0. The van der Waals surface area contributed by atoms with Crippen molar-refractivity contribution in [3.8, 4) is 17.1 Å². The van der Waals surface area contributed by atoms with E-state index < -0.39 is 6.10 Å². The molecule has 3 aromatic rings. The molecule has 1 aliphatic rings. The minimum atomic E-state index is -0.696. The van der Waals surface area contributed by atoms with Crippen LogP contribution in [0.2, 0.25) is 15.1 Å². The zero-order valence-electron chi connectivity index (χ0n) is 15.5. The highest BCUT2D eigenvalue weighted by molar-refractivity contribution is 6.35. The van der Waals surface area contributed by atoms with Gasteiger partial charge in [-0.2, -0.15) is 0 Å². The second-order valence-corrected chi connectivity index (χ2v) is 8.07. The molecule has 0 spiro atoms. The SMILES string of the molecule is CC(Oc1ccc(Cl)cc1Cl)C(=O)N1CCc2c(noc2-c2ccc(Cl)cc2)C1. The van der Waals surface area contributed by atoms with E-state index in [1.54, 1.807) is 30.0 Å². The van der Waals surface area contributed by atoms with Gasteiger partial charge in [-0.25, -0.2) is 0 Å². The number of carbonyl (C=O) groups excluding carboxylic acids is 1. The van der Waals surface area contributed by atoms with Gasteiger partial charge in [-0.3, -0.25) is 4.79 Å². The second-order valence-electron chi connectivity index (χ2n) is 6.79. The summed E-state index contributed by atoms with van der Waals surface area (Å²) in [5, 5.41) is 5.71. The van der Waals surface area contributed by atoms with Gasteiger partial charge in [0.2, 0.25) is 0 Å². The molecule has 5 nitrogen and oxygen atoms in total. The van der Waals surface area contributed by atoms with E-state index in [1.807, 2.05) is 24.3 Å². The van der Waals surface area contributed by atoms with E-state index in [1.165, 1.54) is 0 Å². The van der Waals surface area contributed by atoms with E-state index in [0.29, 0.717) is 40.3 Å².